The molecule has 3 heterocycles. The van der Waals surface area contributed by atoms with Gasteiger partial charge in [0.15, 0.2) is 0 Å². The first-order valence-corrected chi connectivity index (χ1v) is 11.7. The number of morpholine rings is 1. The van der Waals surface area contributed by atoms with Gasteiger partial charge in [0.1, 0.15) is 42.0 Å². The highest BCUT2D eigenvalue weighted by Crippen LogP contribution is 2.29. The number of likely N-dealkylation sites (tertiary alicyclic amines) is 1. The Morgan fingerprint density at radius 1 is 1.12 bits per heavy atom. The summed E-state index contributed by atoms with van der Waals surface area (Å²) in [6.45, 7) is 5.97. The molecule has 2 saturated heterocycles. The molecule has 0 spiro atoms. The molecule has 2 aromatic rings. The lowest BCUT2D eigenvalue weighted by Gasteiger charge is -2.44. The highest BCUT2D eigenvalue weighted by atomic mass is 19.1. The molecule has 0 bridgehead atoms. The van der Waals surface area contributed by atoms with E-state index in [4.69, 9.17) is 9.47 Å². The molecule has 2 aliphatic heterocycles. The van der Waals surface area contributed by atoms with Crippen LogP contribution in [0.2, 0.25) is 0 Å². The van der Waals surface area contributed by atoms with Crippen LogP contribution >= 0.6 is 0 Å². The standard InChI is InChI=1S/C24H32FN5O4/c1-23(2,30-18-26-17-27-30)22(32)29-12-13-34-24(15-29,14-21(31)28-10-4-3-5-11-28)16-33-20-8-6-19(25)7-9-20/h6-9,17-18H,3-5,10-16H2,1-2H3. The van der Waals surface area contributed by atoms with Gasteiger partial charge in [0.25, 0.3) is 0 Å². The van der Waals surface area contributed by atoms with Gasteiger partial charge in [0, 0.05) is 19.6 Å². The summed E-state index contributed by atoms with van der Waals surface area (Å²) in [5.74, 6) is -0.0327. The molecule has 2 fully saturated rings. The van der Waals surface area contributed by atoms with Crippen molar-refractivity contribution in [2.75, 3.05) is 39.4 Å². The second kappa shape index (κ2) is 10.1. The molecule has 34 heavy (non-hydrogen) atoms. The zero-order chi connectivity index (χ0) is 24.2. The van der Waals surface area contributed by atoms with E-state index < -0.39 is 11.1 Å². The lowest BCUT2D eigenvalue weighted by Crippen LogP contribution is -2.61. The quantitative estimate of drug-likeness (QED) is 0.613. The largest absolute Gasteiger partial charge is 0.490 e. The minimum Gasteiger partial charge on any atom is -0.490 e. The van der Waals surface area contributed by atoms with Crippen LogP contribution in [0.1, 0.15) is 39.5 Å². The van der Waals surface area contributed by atoms with Crippen LogP contribution in [-0.4, -0.2) is 81.4 Å². The Labute approximate surface area is 198 Å². The molecule has 0 N–H and O–H groups in total. The number of benzene rings is 1. The highest BCUT2D eigenvalue weighted by molar-refractivity contribution is 5.84. The Hall–Kier alpha value is -3.01. The maximum absolute atomic E-state index is 13.5. The number of carbonyl (C=O) groups is 2. The summed E-state index contributed by atoms with van der Waals surface area (Å²) in [4.78, 5) is 34.3. The molecule has 0 aliphatic carbocycles. The predicted octanol–water partition coefficient (Wildman–Crippen LogP) is 2.23. The molecule has 1 aromatic carbocycles. The van der Waals surface area contributed by atoms with E-state index in [2.05, 4.69) is 10.1 Å². The van der Waals surface area contributed by atoms with Crippen molar-refractivity contribution in [2.24, 2.45) is 0 Å². The SMILES string of the molecule is CC(C)(C(=O)N1CCOC(COc2ccc(F)cc2)(CC(=O)N2CCCCC2)C1)n1cncn1. The van der Waals surface area contributed by atoms with Gasteiger partial charge in [0.2, 0.25) is 11.8 Å². The fourth-order valence-electron chi connectivity index (χ4n) is 4.52. The van der Waals surface area contributed by atoms with Gasteiger partial charge in [-0.05, 0) is 57.4 Å². The van der Waals surface area contributed by atoms with Gasteiger partial charge in [-0.3, -0.25) is 9.59 Å². The van der Waals surface area contributed by atoms with E-state index in [0.29, 0.717) is 12.3 Å². The van der Waals surface area contributed by atoms with Gasteiger partial charge in [-0.1, -0.05) is 0 Å². The Bertz CT molecular complexity index is 976. The molecule has 9 nitrogen and oxygen atoms in total. The van der Waals surface area contributed by atoms with Crippen molar-refractivity contribution >= 4 is 11.8 Å². The van der Waals surface area contributed by atoms with Crippen LogP contribution in [0, 0.1) is 5.82 Å². The summed E-state index contributed by atoms with van der Waals surface area (Å²) in [6, 6.07) is 5.71. The number of carbonyl (C=O) groups excluding carboxylic acids is 2. The monoisotopic (exact) mass is 473 g/mol. The second-order valence-corrected chi connectivity index (χ2v) is 9.52. The molecular formula is C24H32FN5O4. The smallest absolute Gasteiger partial charge is 0.250 e. The van der Waals surface area contributed by atoms with Crippen LogP contribution in [0.15, 0.2) is 36.9 Å². The number of amides is 2. The third kappa shape index (κ3) is 5.38. The number of piperidine rings is 1. The molecule has 0 radical (unpaired) electrons. The van der Waals surface area contributed by atoms with Gasteiger partial charge >= 0.3 is 0 Å². The molecule has 4 rings (SSSR count). The normalized spacial score (nSPS) is 21.4. The summed E-state index contributed by atoms with van der Waals surface area (Å²) in [7, 11) is 0. The van der Waals surface area contributed by atoms with Gasteiger partial charge in [-0.2, -0.15) is 5.10 Å². The Morgan fingerprint density at radius 3 is 2.53 bits per heavy atom. The van der Waals surface area contributed by atoms with Gasteiger partial charge < -0.3 is 19.3 Å². The van der Waals surface area contributed by atoms with Crippen molar-refractivity contribution in [3.8, 4) is 5.75 Å². The Kier molecular flexibility index (Phi) is 7.16. The Balaban J connectivity index is 1.53. The van der Waals surface area contributed by atoms with Crippen LogP contribution in [0.4, 0.5) is 4.39 Å². The fourth-order valence-corrected chi connectivity index (χ4v) is 4.52. The van der Waals surface area contributed by atoms with Gasteiger partial charge in [0.05, 0.1) is 19.6 Å². The van der Waals surface area contributed by atoms with Crippen molar-refractivity contribution in [1.82, 2.24) is 24.6 Å². The lowest BCUT2D eigenvalue weighted by atomic mass is 9.94. The van der Waals surface area contributed by atoms with Gasteiger partial charge in [-0.25, -0.2) is 14.1 Å². The molecule has 2 amide bonds. The molecule has 10 heteroatoms. The number of nitrogens with zero attached hydrogens (tertiary/aromatic N) is 5. The van der Waals surface area contributed by atoms with E-state index in [-0.39, 0.29) is 43.8 Å². The average molecular weight is 474 g/mol. The van der Waals surface area contributed by atoms with Crippen molar-refractivity contribution in [1.29, 1.82) is 0 Å². The maximum atomic E-state index is 13.5. The van der Waals surface area contributed by atoms with Crippen LogP contribution in [0.5, 0.6) is 5.75 Å². The van der Waals surface area contributed by atoms with E-state index in [9.17, 15) is 14.0 Å². The topological polar surface area (TPSA) is 89.8 Å². The van der Waals surface area contributed by atoms with E-state index in [1.165, 1.54) is 41.6 Å². The number of rotatable bonds is 7. The summed E-state index contributed by atoms with van der Waals surface area (Å²) >= 11 is 0. The Morgan fingerprint density at radius 2 is 1.85 bits per heavy atom. The molecule has 184 valence electrons. The number of aromatic nitrogens is 3. The third-order valence-electron chi connectivity index (χ3n) is 6.55. The molecule has 0 saturated carbocycles. The first-order chi connectivity index (χ1) is 16.3. The molecule has 2 aliphatic rings. The first kappa shape index (κ1) is 24.1. The van der Waals surface area contributed by atoms with Crippen LogP contribution in [0.25, 0.3) is 0 Å². The number of ether oxygens (including phenoxy) is 2. The van der Waals surface area contributed by atoms with Crippen molar-refractivity contribution in [3.63, 3.8) is 0 Å². The predicted molar refractivity (Wildman–Crippen MR) is 122 cm³/mol. The average Bonchev–Trinajstić information content (AvgIpc) is 3.40. The van der Waals surface area contributed by atoms with E-state index >= 15 is 0 Å². The third-order valence-corrected chi connectivity index (χ3v) is 6.55. The van der Waals surface area contributed by atoms with Crippen LogP contribution < -0.4 is 4.74 Å². The first-order valence-electron chi connectivity index (χ1n) is 11.7. The number of halogens is 1. The maximum Gasteiger partial charge on any atom is 0.250 e. The summed E-state index contributed by atoms with van der Waals surface area (Å²) in [5, 5.41) is 4.14. The van der Waals surface area contributed by atoms with E-state index in [0.717, 1.165) is 32.4 Å². The number of hydrogen-bond donors (Lipinski definition) is 0. The fraction of sp³-hybridized carbons (Fsp3) is 0.583. The van der Waals surface area contributed by atoms with Crippen molar-refractivity contribution in [2.45, 2.75) is 50.7 Å². The minimum absolute atomic E-state index is 0.00718. The minimum atomic E-state index is -1.02. The van der Waals surface area contributed by atoms with E-state index in [1.807, 2.05) is 4.90 Å². The molecule has 1 unspecified atom stereocenters. The van der Waals surface area contributed by atoms with Crippen molar-refractivity contribution < 1.29 is 23.5 Å². The van der Waals surface area contributed by atoms with Crippen molar-refractivity contribution in [3.05, 3.63) is 42.7 Å². The lowest BCUT2D eigenvalue weighted by molar-refractivity contribution is -0.170. The van der Waals surface area contributed by atoms with Crippen LogP contribution in [-0.2, 0) is 19.9 Å². The number of hydrogen-bond acceptors (Lipinski definition) is 6. The highest BCUT2D eigenvalue weighted by Gasteiger charge is 2.45. The zero-order valence-electron chi connectivity index (χ0n) is 19.8. The summed E-state index contributed by atoms with van der Waals surface area (Å²) in [6.07, 6.45) is 6.11. The second-order valence-electron chi connectivity index (χ2n) is 9.52. The molecule has 1 aromatic heterocycles. The molecular weight excluding hydrogens is 441 g/mol. The zero-order valence-corrected chi connectivity index (χ0v) is 19.8. The molecule has 1 atom stereocenters. The van der Waals surface area contributed by atoms with Gasteiger partial charge in [-0.15, -0.1) is 0 Å². The van der Waals surface area contributed by atoms with E-state index in [1.54, 1.807) is 18.7 Å². The van der Waals surface area contributed by atoms with Crippen LogP contribution in [0.3, 0.4) is 0 Å². The summed E-state index contributed by atoms with van der Waals surface area (Å²) < 4.78 is 27.0. The summed E-state index contributed by atoms with van der Waals surface area (Å²) in [5.41, 5.74) is -1.97.